The Hall–Kier alpha value is -3.53. The minimum Gasteiger partial charge on any atom is -0.367 e. The lowest BCUT2D eigenvalue weighted by Crippen LogP contribution is -2.42. The van der Waals surface area contributed by atoms with Crippen molar-refractivity contribution in [3.05, 3.63) is 71.9 Å². The van der Waals surface area contributed by atoms with E-state index in [1.807, 2.05) is 0 Å². The summed E-state index contributed by atoms with van der Waals surface area (Å²) < 4.78 is 66.8. The Morgan fingerprint density at radius 2 is 1.78 bits per heavy atom. The molecule has 0 spiro atoms. The molecule has 0 saturated carbocycles. The quantitative estimate of drug-likeness (QED) is 0.356. The Bertz CT molecular complexity index is 1570. The molecule has 4 aromatic rings. The monoisotopic (exact) mass is 543 g/mol. The van der Waals surface area contributed by atoms with Crippen LogP contribution in [0.25, 0.3) is 20.8 Å². The summed E-state index contributed by atoms with van der Waals surface area (Å²) in [4.78, 5) is 8.59. The molecule has 2 aromatic carbocycles. The predicted octanol–water partition coefficient (Wildman–Crippen LogP) is 5.51. The zero-order valence-corrected chi connectivity index (χ0v) is 20.9. The van der Waals surface area contributed by atoms with E-state index in [-0.39, 0.29) is 24.0 Å². The third kappa shape index (κ3) is 5.29. The number of rotatable bonds is 5. The summed E-state index contributed by atoms with van der Waals surface area (Å²) in [7, 11) is -3.70. The largest absolute Gasteiger partial charge is 0.417 e. The number of pyridine rings is 1. The molecule has 190 valence electrons. The zero-order chi connectivity index (χ0) is 26.2. The van der Waals surface area contributed by atoms with E-state index in [4.69, 9.17) is 5.26 Å². The molecule has 3 heterocycles. The number of nitriles is 1. The van der Waals surface area contributed by atoms with Gasteiger partial charge in [0.25, 0.3) is 0 Å². The fraction of sp³-hybridized carbons (Fsp3) is 0.240. The molecule has 1 fully saturated rings. The molecular weight excluding hydrogens is 523 g/mol. The topological polar surface area (TPSA) is 99.0 Å². The van der Waals surface area contributed by atoms with Gasteiger partial charge in [0.2, 0.25) is 10.0 Å². The molecule has 0 aliphatic carbocycles. The lowest BCUT2D eigenvalue weighted by atomic mass is 10.1. The third-order valence-electron chi connectivity index (χ3n) is 6.15. The number of alkyl halides is 3. The molecule has 7 nitrogen and oxygen atoms in total. The smallest absolute Gasteiger partial charge is 0.367 e. The van der Waals surface area contributed by atoms with Gasteiger partial charge in [-0.25, -0.2) is 18.4 Å². The highest BCUT2D eigenvalue weighted by molar-refractivity contribution is 7.89. The predicted molar refractivity (Wildman–Crippen MR) is 134 cm³/mol. The van der Waals surface area contributed by atoms with Crippen LogP contribution in [0, 0.1) is 11.3 Å². The van der Waals surface area contributed by atoms with Gasteiger partial charge in [-0.15, -0.1) is 11.3 Å². The van der Waals surface area contributed by atoms with E-state index in [0.717, 1.165) is 33.1 Å². The second-order valence-corrected chi connectivity index (χ2v) is 11.6. The first-order valence-corrected chi connectivity index (χ1v) is 13.6. The second-order valence-electron chi connectivity index (χ2n) is 8.59. The van der Waals surface area contributed by atoms with Gasteiger partial charge >= 0.3 is 6.18 Å². The van der Waals surface area contributed by atoms with E-state index in [0.29, 0.717) is 24.2 Å². The van der Waals surface area contributed by atoms with Crippen molar-refractivity contribution in [1.82, 2.24) is 14.3 Å². The molecule has 0 amide bonds. The van der Waals surface area contributed by atoms with Crippen LogP contribution in [0.1, 0.15) is 24.0 Å². The van der Waals surface area contributed by atoms with Crippen molar-refractivity contribution in [2.24, 2.45) is 0 Å². The first-order valence-electron chi connectivity index (χ1n) is 11.3. The van der Waals surface area contributed by atoms with Gasteiger partial charge in [-0.3, -0.25) is 0 Å². The van der Waals surface area contributed by atoms with Crippen LogP contribution in [-0.2, 0) is 16.2 Å². The molecule has 0 bridgehead atoms. The summed E-state index contributed by atoms with van der Waals surface area (Å²) in [6, 6.07) is 16.1. The number of halogens is 3. The van der Waals surface area contributed by atoms with E-state index in [1.54, 1.807) is 42.5 Å². The minimum atomic E-state index is -4.44. The Balaban J connectivity index is 1.23. The van der Waals surface area contributed by atoms with Crippen molar-refractivity contribution in [1.29, 1.82) is 5.26 Å². The van der Waals surface area contributed by atoms with Crippen LogP contribution < -0.4 is 5.32 Å². The summed E-state index contributed by atoms with van der Waals surface area (Å²) in [5.74, 6) is 0.323. The third-order valence-corrected chi connectivity index (χ3v) is 9.13. The maximum atomic E-state index is 13.2. The molecule has 0 unspecified atom stereocenters. The summed E-state index contributed by atoms with van der Waals surface area (Å²) >= 11 is 1.43. The van der Waals surface area contributed by atoms with E-state index in [2.05, 4.69) is 21.4 Å². The number of hydrogen-bond acceptors (Lipinski definition) is 7. The molecule has 37 heavy (non-hydrogen) atoms. The lowest BCUT2D eigenvalue weighted by Gasteiger charge is -2.32. The van der Waals surface area contributed by atoms with Crippen LogP contribution in [0.2, 0.25) is 0 Å². The SMILES string of the molecule is N#Cc1ccc2nc(-c3ccc(S(=O)(=O)N4CCC(Nc5ccc(C(F)(F)F)cn5)CC4)cc3)sc2c1. The summed E-state index contributed by atoms with van der Waals surface area (Å²) in [6.07, 6.45) is -2.67. The molecular formula is C25H20F3N5O2S2. The number of hydrogen-bond donors (Lipinski definition) is 1. The molecule has 0 atom stereocenters. The van der Waals surface area contributed by atoms with Gasteiger partial charge in [0, 0.05) is 30.9 Å². The number of anilines is 1. The number of fused-ring (bicyclic) bond motifs is 1. The second kappa shape index (κ2) is 9.74. The van der Waals surface area contributed by atoms with Crippen molar-refractivity contribution in [2.75, 3.05) is 18.4 Å². The average Bonchev–Trinajstić information content (AvgIpc) is 3.32. The van der Waals surface area contributed by atoms with E-state index >= 15 is 0 Å². The maximum Gasteiger partial charge on any atom is 0.417 e. The molecule has 1 saturated heterocycles. The van der Waals surface area contributed by atoms with Crippen molar-refractivity contribution >= 4 is 37.4 Å². The normalized spacial score (nSPS) is 15.5. The number of piperidine rings is 1. The maximum absolute atomic E-state index is 13.2. The van der Waals surface area contributed by atoms with Gasteiger partial charge in [-0.2, -0.15) is 22.7 Å². The molecule has 1 aliphatic rings. The minimum absolute atomic E-state index is 0.0985. The van der Waals surface area contributed by atoms with Gasteiger partial charge in [0.15, 0.2) is 0 Å². The standard InChI is InChI=1S/C25H20F3N5O2S2/c26-25(27,28)18-4-8-23(30-15-18)31-19-9-11-33(12-10-19)37(34,35)20-5-2-17(3-6-20)24-32-21-7-1-16(14-29)13-22(21)36-24/h1-8,13,15,19H,9-12H2,(H,30,31). The Kier molecular flexibility index (Phi) is 6.61. The summed E-state index contributed by atoms with van der Waals surface area (Å²) in [5, 5.41) is 12.9. The highest BCUT2D eigenvalue weighted by Gasteiger charge is 2.32. The molecule has 5 rings (SSSR count). The number of aromatic nitrogens is 2. The lowest BCUT2D eigenvalue weighted by molar-refractivity contribution is -0.137. The van der Waals surface area contributed by atoms with Crippen LogP contribution in [0.15, 0.2) is 65.7 Å². The van der Waals surface area contributed by atoms with Crippen LogP contribution in [-0.4, -0.2) is 41.8 Å². The van der Waals surface area contributed by atoms with Crippen molar-refractivity contribution in [2.45, 2.75) is 30.0 Å². The highest BCUT2D eigenvalue weighted by atomic mass is 32.2. The average molecular weight is 544 g/mol. The Morgan fingerprint density at radius 3 is 2.41 bits per heavy atom. The first kappa shape index (κ1) is 25.1. The van der Waals surface area contributed by atoms with Crippen LogP contribution >= 0.6 is 11.3 Å². The zero-order valence-electron chi connectivity index (χ0n) is 19.2. The van der Waals surface area contributed by atoms with Gasteiger partial charge in [0.05, 0.1) is 32.3 Å². The van der Waals surface area contributed by atoms with Crippen LogP contribution in [0.5, 0.6) is 0 Å². The number of nitrogens with one attached hydrogen (secondary N) is 1. The van der Waals surface area contributed by atoms with Crippen LogP contribution in [0.3, 0.4) is 0 Å². The highest BCUT2D eigenvalue weighted by Crippen LogP contribution is 2.32. The Labute approximate surface area is 215 Å². The number of thiazole rings is 1. The summed E-state index contributed by atoms with van der Waals surface area (Å²) in [6.45, 7) is 0.558. The molecule has 1 aliphatic heterocycles. The molecule has 12 heteroatoms. The number of benzene rings is 2. The Morgan fingerprint density at radius 1 is 1.05 bits per heavy atom. The van der Waals surface area contributed by atoms with Gasteiger partial charge in [-0.1, -0.05) is 12.1 Å². The van der Waals surface area contributed by atoms with Crippen molar-refractivity contribution in [3.63, 3.8) is 0 Å². The number of nitrogens with zero attached hydrogens (tertiary/aromatic N) is 4. The van der Waals surface area contributed by atoms with E-state index in [9.17, 15) is 21.6 Å². The number of sulfonamides is 1. The molecule has 1 N–H and O–H groups in total. The molecule has 2 aromatic heterocycles. The van der Waals surface area contributed by atoms with Gasteiger partial charge in [0.1, 0.15) is 10.8 Å². The summed E-state index contributed by atoms with van der Waals surface area (Å²) in [5.41, 5.74) is 1.30. The van der Waals surface area contributed by atoms with E-state index in [1.165, 1.54) is 21.7 Å². The van der Waals surface area contributed by atoms with Crippen molar-refractivity contribution in [3.8, 4) is 16.6 Å². The van der Waals surface area contributed by atoms with Crippen LogP contribution in [0.4, 0.5) is 19.0 Å². The van der Waals surface area contributed by atoms with Crippen molar-refractivity contribution < 1.29 is 21.6 Å². The van der Waals surface area contributed by atoms with Gasteiger partial charge in [-0.05, 0) is 55.3 Å². The van der Waals surface area contributed by atoms with Gasteiger partial charge < -0.3 is 5.32 Å². The van der Waals surface area contributed by atoms with E-state index < -0.39 is 21.8 Å². The fourth-order valence-corrected chi connectivity index (χ4v) is 6.61. The first-order chi connectivity index (χ1) is 17.6. The molecule has 0 radical (unpaired) electrons. The fourth-order valence-electron chi connectivity index (χ4n) is 4.13.